The summed E-state index contributed by atoms with van der Waals surface area (Å²) < 4.78 is 5.53. The number of rotatable bonds is 5. The molecule has 1 saturated heterocycles. The first-order valence-corrected chi connectivity index (χ1v) is 8.36. The number of pyridine rings is 1. The molecule has 0 unspecified atom stereocenters. The number of nitrogens with zero attached hydrogens (tertiary/aromatic N) is 3. The lowest BCUT2D eigenvalue weighted by atomic mass is 10.2. The topological polar surface area (TPSA) is 45.7 Å². The van der Waals surface area contributed by atoms with E-state index < -0.39 is 0 Å². The van der Waals surface area contributed by atoms with Crippen LogP contribution >= 0.6 is 11.6 Å². The molecule has 1 aliphatic rings. The number of halogens is 1. The van der Waals surface area contributed by atoms with E-state index in [1.54, 1.807) is 24.3 Å². The Labute approximate surface area is 146 Å². The number of carbonyl (C=O) groups excluding carboxylic acids is 1. The van der Waals surface area contributed by atoms with Crippen LogP contribution in [0.15, 0.2) is 48.8 Å². The Kier molecular flexibility index (Phi) is 5.67. The number of ether oxygens (including phenoxy) is 1. The van der Waals surface area contributed by atoms with Crippen LogP contribution in [0.4, 0.5) is 0 Å². The predicted molar refractivity (Wildman–Crippen MR) is 93.0 cm³/mol. The fraction of sp³-hybridized carbons (Fsp3) is 0.333. The molecule has 5 nitrogen and oxygen atoms in total. The van der Waals surface area contributed by atoms with Gasteiger partial charge in [0.15, 0.2) is 6.61 Å². The summed E-state index contributed by atoms with van der Waals surface area (Å²) >= 11 is 5.83. The highest BCUT2D eigenvalue weighted by molar-refractivity contribution is 6.30. The molecule has 0 spiro atoms. The number of benzene rings is 1. The van der Waals surface area contributed by atoms with Crippen LogP contribution in [0.1, 0.15) is 5.56 Å². The zero-order chi connectivity index (χ0) is 16.8. The summed E-state index contributed by atoms with van der Waals surface area (Å²) in [6.45, 7) is 4.16. The average molecular weight is 346 g/mol. The van der Waals surface area contributed by atoms with Gasteiger partial charge in [0.25, 0.3) is 5.91 Å². The van der Waals surface area contributed by atoms with Crippen LogP contribution in [0.2, 0.25) is 5.02 Å². The molecular formula is C18H20ClN3O2. The van der Waals surface area contributed by atoms with Gasteiger partial charge in [0.2, 0.25) is 0 Å². The predicted octanol–water partition coefficient (Wildman–Crippen LogP) is 2.46. The summed E-state index contributed by atoms with van der Waals surface area (Å²) in [5.41, 5.74) is 1.25. The Bertz CT molecular complexity index is 656. The summed E-state index contributed by atoms with van der Waals surface area (Å²) in [4.78, 5) is 20.5. The van der Waals surface area contributed by atoms with Crippen molar-refractivity contribution in [2.75, 3.05) is 32.8 Å². The van der Waals surface area contributed by atoms with Crippen molar-refractivity contribution < 1.29 is 9.53 Å². The van der Waals surface area contributed by atoms with Crippen molar-refractivity contribution in [1.82, 2.24) is 14.8 Å². The van der Waals surface area contributed by atoms with E-state index in [9.17, 15) is 4.79 Å². The zero-order valence-electron chi connectivity index (χ0n) is 13.4. The van der Waals surface area contributed by atoms with E-state index in [4.69, 9.17) is 16.3 Å². The first kappa shape index (κ1) is 16.7. The molecule has 1 aromatic heterocycles. The molecule has 24 heavy (non-hydrogen) atoms. The van der Waals surface area contributed by atoms with Crippen molar-refractivity contribution in [2.45, 2.75) is 6.54 Å². The Morgan fingerprint density at radius 1 is 1.04 bits per heavy atom. The minimum atomic E-state index is 0.0218. The minimum Gasteiger partial charge on any atom is -0.484 e. The molecule has 0 atom stereocenters. The van der Waals surface area contributed by atoms with Gasteiger partial charge >= 0.3 is 0 Å². The van der Waals surface area contributed by atoms with Crippen LogP contribution < -0.4 is 4.74 Å². The smallest absolute Gasteiger partial charge is 0.260 e. The van der Waals surface area contributed by atoms with Crippen LogP contribution in [-0.4, -0.2) is 53.5 Å². The Balaban J connectivity index is 1.42. The molecule has 1 fully saturated rings. The Morgan fingerprint density at radius 3 is 2.38 bits per heavy atom. The van der Waals surface area contributed by atoms with Gasteiger partial charge in [-0.25, -0.2) is 0 Å². The maximum absolute atomic E-state index is 12.3. The summed E-state index contributed by atoms with van der Waals surface area (Å²) in [7, 11) is 0. The average Bonchev–Trinajstić information content (AvgIpc) is 2.62. The SMILES string of the molecule is O=C(COc1ccc(Cl)cc1)N1CCN(Cc2ccncc2)CC1. The number of carbonyl (C=O) groups is 1. The normalized spacial score (nSPS) is 15.3. The highest BCUT2D eigenvalue weighted by Crippen LogP contribution is 2.15. The molecule has 0 aliphatic carbocycles. The Hall–Kier alpha value is -2.11. The standard InChI is InChI=1S/C18H20ClN3O2/c19-16-1-3-17(4-2-16)24-14-18(23)22-11-9-21(10-12-22)13-15-5-7-20-8-6-15/h1-8H,9-14H2. The number of aromatic nitrogens is 1. The molecule has 126 valence electrons. The van der Waals surface area contributed by atoms with Crippen LogP contribution in [0.25, 0.3) is 0 Å². The van der Waals surface area contributed by atoms with E-state index in [0.717, 1.165) is 32.7 Å². The van der Waals surface area contributed by atoms with Gasteiger partial charge < -0.3 is 9.64 Å². The van der Waals surface area contributed by atoms with E-state index in [1.807, 2.05) is 29.4 Å². The highest BCUT2D eigenvalue weighted by atomic mass is 35.5. The lowest BCUT2D eigenvalue weighted by Gasteiger charge is -2.34. The van der Waals surface area contributed by atoms with E-state index in [-0.39, 0.29) is 12.5 Å². The molecule has 1 aromatic carbocycles. The minimum absolute atomic E-state index is 0.0218. The van der Waals surface area contributed by atoms with Crippen LogP contribution in [0.3, 0.4) is 0 Å². The summed E-state index contributed by atoms with van der Waals surface area (Å²) in [5, 5.41) is 0.652. The third kappa shape index (κ3) is 4.69. The van der Waals surface area contributed by atoms with Crippen molar-refractivity contribution in [2.24, 2.45) is 0 Å². The first-order valence-electron chi connectivity index (χ1n) is 7.98. The molecule has 1 amide bonds. The van der Waals surface area contributed by atoms with Crippen molar-refractivity contribution in [1.29, 1.82) is 0 Å². The number of hydrogen-bond donors (Lipinski definition) is 0. The zero-order valence-corrected chi connectivity index (χ0v) is 14.2. The molecule has 1 aliphatic heterocycles. The first-order chi connectivity index (χ1) is 11.7. The lowest BCUT2D eigenvalue weighted by Crippen LogP contribution is -2.49. The van der Waals surface area contributed by atoms with Gasteiger partial charge in [-0.05, 0) is 42.0 Å². The molecule has 0 radical (unpaired) electrons. The summed E-state index contributed by atoms with van der Waals surface area (Å²) in [6.07, 6.45) is 3.62. The molecule has 3 rings (SSSR count). The van der Waals surface area contributed by atoms with E-state index in [1.165, 1.54) is 5.56 Å². The highest BCUT2D eigenvalue weighted by Gasteiger charge is 2.21. The van der Waals surface area contributed by atoms with Gasteiger partial charge in [0.1, 0.15) is 5.75 Å². The molecule has 6 heteroatoms. The van der Waals surface area contributed by atoms with E-state index in [2.05, 4.69) is 9.88 Å². The number of hydrogen-bond acceptors (Lipinski definition) is 4. The van der Waals surface area contributed by atoms with Crippen LogP contribution in [0.5, 0.6) is 5.75 Å². The van der Waals surface area contributed by atoms with Crippen LogP contribution in [0, 0.1) is 0 Å². The maximum atomic E-state index is 12.3. The molecule has 2 aromatic rings. The fourth-order valence-corrected chi connectivity index (χ4v) is 2.79. The molecular weight excluding hydrogens is 326 g/mol. The van der Waals surface area contributed by atoms with Gasteiger partial charge in [0.05, 0.1) is 0 Å². The van der Waals surface area contributed by atoms with E-state index >= 15 is 0 Å². The lowest BCUT2D eigenvalue weighted by molar-refractivity contribution is -0.135. The van der Waals surface area contributed by atoms with Crippen molar-refractivity contribution >= 4 is 17.5 Å². The van der Waals surface area contributed by atoms with Gasteiger partial charge in [-0.15, -0.1) is 0 Å². The summed E-state index contributed by atoms with van der Waals surface area (Å²) in [5.74, 6) is 0.678. The largest absolute Gasteiger partial charge is 0.484 e. The van der Waals surface area contributed by atoms with Gasteiger partial charge in [-0.2, -0.15) is 0 Å². The fourth-order valence-electron chi connectivity index (χ4n) is 2.67. The monoisotopic (exact) mass is 345 g/mol. The molecule has 2 heterocycles. The molecule has 0 N–H and O–H groups in total. The third-order valence-electron chi connectivity index (χ3n) is 4.06. The Morgan fingerprint density at radius 2 is 1.71 bits per heavy atom. The second-order valence-corrected chi connectivity index (χ2v) is 6.19. The third-order valence-corrected chi connectivity index (χ3v) is 4.31. The van der Waals surface area contributed by atoms with Gasteiger partial charge in [0, 0.05) is 50.1 Å². The number of amides is 1. The van der Waals surface area contributed by atoms with Gasteiger partial charge in [-0.3, -0.25) is 14.7 Å². The van der Waals surface area contributed by atoms with Crippen molar-refractivity contribution in [3.8, 4) is 5.75 Å². The second-order valence-electron chi connectivity index (χ2n) is 5.75. The number of piperazine rings is 1. The van der Waals surface area contributed by atoms with E-state index in [0.29, 0.717) is 10.8 Å². The summed E-state index contributed by atoms with van der Waals surface area (Å²) in [6, 6.07) is 11.1. The maximum Gasteiger partial charge on any atom is 0.260 e. The quantitative estimate of drug-likeness (QED) is 0.835. The molecule has 0 saturated carbocycles. The van der Waals surface area contributed by atoms with Crippen molar-refractivity contribution in [3.05, 3.63) is 59.4 Å². The second kappa shape index (κ2) is 8.13. The van der Waals surface area contributed by atoms with Crippen LogP contribution in [-0.2, 0) is 11.3 Å². The van der Waals surface area contributed by atoms with Gasteiger partial charge in [-0.1, -0.05) is 11.6 Å². The van der Waals surface area contributed by atoms with Crippen molar-refractivity contribution in [3.63, 3.8) is 0 Å². The molecule has 0 bridgehead atoms.